The molecule has 0 aliphatic heterocycles. The molecule has 0 bridgehead atoms. The average molecular weight is 360 g/mol. The third-order valence-corrected chi connectivity index (χ3v) is 3.14. The van der Waals surface area contributed by atoms with E-state index in [1.807, 2.05) is 6.07 Å². The van der Waals surface area contributed by atoms with Gasteiger partial charge >= 0.3 is 0 Å². The molecule has 5 heteroatoms. The SMILES string of the molecule is CC(C#N)CN(C)C(=O)c1cc(Br)cc(Br)c1. The summed E-state index contributed by atoms with van der Waals surface area (Å²) in [5, 5.41) is 8.72. The van der Waals surface area contributed by atoms with Gasteiger partial charge in [0, 0.05) is 28.1 Å². The molecule has 1 aromatic rings. The van der Waals surface area contributed by atoms with E-state index >= 15 is 0 Å². The highest BCUT2D eigenvalue weighted by molar-refractivity contribution is 9.11. The first-order valence-corrected chi connectivity index (χ1v) is 6.64. The molecule has 0 saturated heterocycles. The van der Waals surface area contributed by atoms with Gasteiger partial charge in [0.25, 0.3) is 5.91 Å². The molecule has 1 aromatic carbocycles. The molecule has 0 heterocycles. The zero-order valence-electron chi connectivity index (χ0n) is 9.58. The summed E-state index contributed by atoms with van der Waals surface area (Å²) in [7, 11) is 1.70. The molecule has 0 saturated carbocycles. The van der Waals surface area contributed by atoms with Gasteiger partial charge in [0.15, 0.2) is 0 Å². The zero-order chi connectivity index (χ0) is 13.0. The lowest BCUT2D eigenvalue weighted by atomic mass is 10.1. The third-order valence-electron chi connectivity index (χ3n) is 2.22. The Morgan fingerprint density at radius 3 is 2.41 bits per heavy atom. The standard InChI is InChI=1S/C12H12Br2N2O/c1-8(6-15)7-16(2)12(17)9-3-10(13)5-11(14)4-9/h3-5,8H,7H2,1-2H3. The van der Waals surface area contributed by atoms with Crippen LogP contribution in [0, 0.1) is 17.2 Å². The zero-order valence-corrected chi connectivity index (χ0v) is 12.7. The Morgan fingerprint density at radius 1 is 1.41 bits per heavy atom. The molecule has 90 valence electrons. The van der Waals surface area contributed by atoms with E-state index in [1.54, 1.807) is 31.0 Å². The first-order chi connectivity index (χ1) is 7.93. The van der Waals surface area contributed by atoms with Gasteiger partial charge in [-0.25, -0.2) is 0 Å². The number of amides is 1. The van der Waals surface area contributed by atoms with Crippen LogP contribution in [0.3, 0.4) is 0 Å². The second kappa shape index (κ2) is 6.18. The molecule has 0 aromatic heterocycles. The van der Waals surface area contributed by atoms with Crippen LogP contribution in [0.5, 0.6) is 0 Å². The van der Waals surface area contributed by atoms with Crippen LogP contribution >= 0.6 is 31.9 Å². The molecule has 0 radical (unpaired) electrons. The fourth-order valence-electron chi connectivity index (χ4n) is 1.43. The van der Waals surface area contributed by atoms with Gasteiger partial charge in [-0.1, -0.05) is 31.9 Å². The number of hydrogen-bond acceptors (Lipinski definition) is 2. The Kier molecular flexibility index (Phi) is 5.16. The molecule has 0 fully saturated rings. The molecule has 0 spiro atoms. The van der Waals surface area contributed by atoms with E-state index in [4.69, 9.17) is 5.26 Å². The minimum atomic E-state index is -0.167. The van der Waals surface area contributed by atoms with Crippen LogP contribution in [0.25, 0.3) is 0 Å². The van der Waals surface area contributed by atoms with Crippen molar-refractivity contribution in [1.82, 2.24) is 4.90 Å². The van der Waals surface area contributed by atoms with E-state index < -0.39 is 0 Å². The van der Waals surface area contributed by atoms with Crippen LogP contribution in [-0.4, -0.2) is 24.4 Å². The summed E-state index contributed by atoms with van der Waals surface area (Å²) in [5.74, 6) is -0.256. The number of halogens is 2. The fourth-order valence-corrected chi connectivity index (χ4v) is 2.73. The van der Waals surface area contributed by atoms with Crippen molar-refractivity contribution in [3.63, 3.8) is 0 Å². The van der Waals surface area contributed by atoms with Gasteiger partial charge in [0.2, 0.25) is 0 Å². The molecule has 17 heavy (non-hydrogen) atoms. The fraction of sp³-hybridized carbons (Fsp3) is 0.333. The molecule has 1 atom stereocenters. The van der Waals surface area contributed by atoms with Gasteiger partial charge in [-0.3, -0.25) is 4.79 Å². The second-order valence-corrected chi connectivity index (χ2v) is 5.71. The van der Waals surface area contributed by atoms with Crippen molar-refractivity contribution < 1.29 is 4.79 Å². The Balaban J connectivity index is 2.86. The molecule has 0 N–H and O–H groups in total. The molecule has 1 rings (SSSR count). The van der Waals surface area contributed by atoms with Crippen LogP contribution in [0.15, 0.2) is 27.1 Å². The van der Waals surface area contributed by atoms with Crippen molar-refractivity contribution >= 4 is 37.8 Å². The largest absolute Gasteiger partial charge is 0.340 e. The summed E-state index contributed by atoms with van der Waals surface area (Å²) < 4.78 is 1.69. The predicted molar refractivity (Wildman–Crippen MR) is 73.6 cm³/mol. The molecule has 1 unspecified atom stereocenters. The maximum Gasteiger partial charge on any atom is 0.253 e. The summed E-state index contributed by atoms with van der Waals surface area (Å²) in [4.78, 5) is 13.6. The van der Waals surface area contributed by atoms with Crippen LogP contribution in [0.4, 0.5) is 0 Å². The summed E-state index contributed by atoms with van der Waals surface area (Å²) in [6.07, 6.45) is 0. The van der Waals surface area contributed by atoms with Crippen LogP contribution in [-0.2, 0) is 0 Å². The van der Waals surface area contributed by atoms with E-state index in [0.717, 1.165) is 8.95 Å². The van der Waals surface area contributed by atoms with Gasteiger partial charge in [-0.05, 0) is 25.1 Å². The third kappa shape index (κ3) is 4.14. The Morgan fingerprint density at radius 2 is 1.94 bits per heavy atom. The van der Waals surface area contributed by atoms with Crippen LogP contribution in [0.2, 0.25) is 0 Å². The molecule has 3 nitrogen and oxygen atoms in total. The monoisotopic (exact) mass is 358 g/mol. The number of nitriles is 1. The van der Waals surface area contributed by atoms with E-state index in [-0.39, 0.29) is 11.8 Å². The smallest absolute Gasteiger partial charge is 0.253 e. The maximum absolute atomic E-state index is 12.1. The quantitative estimate of drug-likeness (QED) is 0.829. The lowest BCUT2D eigenvalue weighted by molar-refractivity contribution is 0.0785. The minimum absolute atomic E-state index is 0.0888. The topological polar surface area (TPSA) is 44.1 Å². The Labute approximate surface area is 118 Å². The van der Waals surface area contributed by atoms with Crippen molar-refractivity contribution in [3.05, 3.63) is 32.7 Å². The highest BCUT2D eigenvalue weighted by Gasteiger charge is 2.15. The second-order valence-electron chi connectivity index (χ2n) is 3.87. The van der Waals surface area contributed by atoms with E-state index in [1.165, 1.54) is 0 Å². The summed E-state index contributed by atoms with van der Waals surface area (Å²) >= 11 is 6.68. The van der Waals surface area contributed by atoms with Crippen molar-refractivity contribution in [3.8, 4) is 6.07 Å². The van der Waals surface area contributed by atoms with Crippen molar-refractivity contribution in [1.29, 1.82) is 5.26 Å². The van der Waals surface area contributed by atoms with Crippen molar-refractivity contribution in [2.24, 2.45) is 5.92 Å². The average Bonchev–Trinajstić information content (AvgIpc) is 2.26. The van der Waals surface area contributed by atoms with Gasteiger partial charge in [-0.15, -0.1) is 0 Å². The Bertz CT molecular complexity index is 448. The minimum Gasteiger partial charge on any atom is -0.340 e. The lowest BCUT2D eigenvalue weighted by Gasteiger charge is -2.18. The molecule has 0 aliphatic carbocycles. The number of benzene rings is 1. The van der Waals surface area contributed by atoms with Crippen molar-refractivity contribution in [2.75, 3.05) is 13.6 Å². The normalized spacial score (nSPS) is 11.7. The van der Waals surface area contributed by atoms with Crippen molar-refractivity contribution in [2.45, 2.75) is 6.92 Å². The summed E-state index contributed by atoms with van der Waals surface area (Å²) in [5.41, 5.74) is 0.596. The van der Waals surface area contributed by atoms with Gasteiger partial charge in [-0.2, -0.15) is 5.26 Å². The molecular formula is C12H12Br2N2O. The maximum atomic E-state index is 12.1. The first kappa shape index (κ1) is 14.2. The number of nitrogens with zero attached hydrogens (tertiary/aromatic N) is 2. The Hall–Kier alpha value is -0.860. The van der Waals surface area contributed by atoms with Gasteiger partial charge < -0.3 is 4.90 Å². The lowest BCUT2D eigenvalue weighted by Crippen LogP contribution is -2.30. The highest BCUT2D eigenvalue weighted by Crippen LogP contribution is 2.21. The van der Waals surface area contributed by atoms with Gasteiger partial charge in [0.1, 0.15) is 0 Å². The highest BCUT2D eigenvalue weighted by atomic mass is 79.9. The van der Waals surface area contributed by atoms with E-state index in [2.05, 4.69) is 37.9 Å². The summed E-state index contributed by atoms with van der Waals surface area (Å²) in [6, 6.07) is 7.51. The number of rotatable bonds is 3. The number of carbonyl (C=O) groups is 1. The molecule has 0 aliphatic rings. The van der Waals surface area contributed by atoms with Crippen LogP contribution in [0.1, 0.15) is 17.3 Å². The van der Waals surface area contributed by atoms with Crippen LogP contribution < -0.4 is 0 Å². The molecule has 1 amide bonds. The number of carbonyl (C=O) groups excluding carboxylic acids is 1. The predicted octanol–water partition coefficient (Wildman–Crippen LogP) is 3.44. The molecular weight excluding hydrogens is 348 g/mol. The summed E-state index contributed by atoms with van der Waals surface area (Å²) in [6.45, 7) is 2.22. The number of hydrogen-bond donors (Lipinski definition) is 0. The first-order valence-electron chi connectivity index (χ1n) is 5.05. The van der Waals surface area contributed by atoms with Gasteiger partial charge in [0.05, 0.1) is 12.0 Å². The van der Waals surface area contributed by atoms with E-state index in [0.29, 0.717) is 12.1 Å². The van der Waals surface area contributed by atoms with E-state index in [9.17, 15) is 4.79 Å².